The molecular weight excluding hydrogens is 398 g/mol. The van der Waals surface area contributed by atoms with Crippen molar-refractivity contribution in [2.24, 2.45) is 11.3 Å². The van der Waals surface area contributed by atoms with Crippen molar-refractivity contribution in [1.29, 1.82) is 0 Å². The Bertz CT molecular complexity index is 849. The standard InChI is InChI=1S/C25H32ClNO3/c1-24(2,3)17-27(23(28)29)18-25(20-10-7-11-22(26)14-20)15-21(25)12-13-30-16-19-8-5-4-6-9-19/h4-11,14,21H,12-13,15-18H2,1-3H3,(H,28,29)/t21?,25-/m0/s1. The van der Waals surface area contributed by atoms with Crippen molar-refractivity contribution in [1.82, 2.24) is 4.90 Å². The van der Waals surface area contributed by atoms with Crippen LogP contribution in [0.2, 0.25) is 5.02 Å². The predicted molar refractivity (Wildman–Crippen MR) is 121 cm³/mol. The van der Waals surface area contributed by atoms with Crippen LogP contribution in [0, 0.1) is 11.3 Å². The van der Waals surface area contributed by atoms with Crippen LogP contribution in [0.4, 0.5) is 4.79 Å². The van der Waals surface area contributed by atoms with E-state index in [9.17, 15) is 9.90 Å². The molecule has 4 nitrogen and oxygen atoms in total. The van der Waals surface area contributed by atoms with Crippen LogP contribution in [0.3, 0.4) is 0 Å². The monoisotopic (exact) mass is 429 g/mol. The van der Waals surface area contributed by atoms with Gasteiger partial charge in [0, 0.05) is 30.1 Å². The minimum absolute atomic E-state index is 0.100. The molecule has 0 aliphatic heterocycles. The number of ether oxygens (including phenoxy) is 1. The summed E-state index contributed by atoms with van der Waals surface area (Å²) in [6, 6.07) is 18.0. The molecule has 2 aromatic carbocycles. The minimum atomic E-state index is -0.864. The normalized spacial score (nSPS) is 20.7. The van der Waals surface area contributed by atoms with E-state index in [1.807, 2.05) is 36.4 Å². The van der Waals surface area contributed by atoms with Gasteiger partial charge in [0.05, 0.1) is 6.61 Å². The molecule has 30 heavy (non-hydrogen) atoms. The van der Waals surface area contributed by atoms with Gasteiger partial charge in [0.15, 0.2) is 0 Å². The number of amides is 1. The molecule has 0 spiro atoms. The minimum Gasteiger partial charge on any atom is -0.465 e. The predicted octanol–water partition coefficient (Wildman–Crippen LogP) is 6.23. The van der Waals surface area contributed by atoms with Crippen molar-refractivity contribution in [2.75, 3.05) is 19.7 Å². The molecule has 5 heteroatoms. The fourth-order valence-electron chi connectivity index (χ4n) is 4.29. The molecule has 1 aliphatic rings. The first-order valence-electron chi connectivity index (χ1n) is 10.6. The van der Waals surface area contributed by atoms with Crippen LogP contribution in [0.5, 0.6) is 0 Å². The first kappa shape index (κ1) is 22.6. The van der Waals surface area contributed by atoms with Crippen molar-refractivity contribution in [2.45, 2.75) is 45.6 Å². The lowest BCUT2D eigenvalue weighted by atomic mass is 9.90. The van der Waals surface area contributed by atoms with Gasteiger partial charge in [0.1, 0.15) is 0 Å². The summed E-state index contributed by atoms with van der Waals surface area (Å²) in [5.41, 5.74) is 2.00. The summed E-state index contributed by atoms with van der Waals surface area (Å²) in [7, 11) is 0. The molecule has 2 aromatic rings. The van der Waals surface area contributed by atoms with Gasteiger partial charge in [-0.25, -0.2) is 4.79 Å². The van der Waals surface area contributed by atoms with Crippen molar-refractivity contribution < 1.29 is 14.6 Å². The van der Waals surface area contributed by atoms with E-state index >= 15 is 0 Å². The van der Waals surface area contributed by atoms with E-state index in [-0.39, 0.29) is 10.8 Å². The number of carbonyl (C=O) groups is 1. The highest BCUT2D eigenvalue weighted by Crippen LogP contribution is 2.57. The smallest absolute Gasteiger partial charge is 0.407 e. The summed E-state index contributed by atoms with van der Waals surface area (Å²) in [5, 5.41) is 10.5. The molecular formula is C25H32ClNO3. The molecule has 1 amide bonds. The van der Waals surface area contributed by atoms with Crippen molar-refractivity contribution in [3.8, 4) is 0 Å². The van der Waals surface area contributed by atoms with Gasteiger partial charge in [-0.3, -0.25) is 0 Å². The SMILES string of the molecule is CC(C)(C)CN(C[C@]1(c2cccc(Cl)c2)CC1CCOCc1ccccc1)C(=O)O. The van der Waals surface area contributed by atoms with Crippen molar-refractivity contribution in [3.63, 3.8) is 0 Å². The van der Waals surface area contributed by atoms with E-state index in [1.54, 1.807) is 4.90 Å². The Morgan fingerprint density at radius 1 is 1.20 bits per heavy atom. The summed E-state index contributed by atoms with van der Waals surface area (Å²) in [4.78, 5) is 13.6. The molecule has 0 radical (unpaired) electrons. The highest BCUT2D eigenvalue weighted by atomic mass is 35.5. The van der Waals surface area contributed by atoms with Gasteiger partial charge in [0.2, 0.25) is 0 Å². The van der Waals surface area contributed by atoms with Crippen molar-refractivity contribution in [3.05, 3.63) is 70.7 Å². The zero-order chi connectivity index (χ0) is 21.8. The van der Waals surface area contributed by atoms with Crippen LogP contribution in [-0.4, -0.2) is 35.8 Å². The molecule has 1 N–H and O–H groups in total. The highest BCUT2D eigenvalue weighted by molar-refractivity contribution is 6.30. The van der Waals surface area contributed by atoms with Crippen LogP contribution in [0.15, 0.2) is 54.6 Å². The molecule has 0 heterocycles. The molecule has 2 atom stereocenters. The first-order valence-corrected chi connectivity index (χ1v) is 10.9. The van der Waals surface area contributed by atoms with Crippen LogP contribution in [0.25, 0.3) is 0 Å². The van der Waals surface area contributed by atoms with Crippen molar-refractivity contribution >= 4 is 17.7 Å². The Balaban J connectivity index is 1.68. The third kappa shape index (κ3) is 5.99. The Morgan fingerprint density at radius 2 is 1.93 bits per heavy atom. The van der Waals surface area contributed by atoms with E-state index in [0.29, 0.717) is 37.2 Å². The van der Waals surface area contributed by atoms with E-state index in [2.05, 4.69) is 39.0 Å². The van der Waals surface area contributed by atoms with Gasteiger partial charge in [-0.15, -0.1) is 0 Å². The molecule has 0 saturated heterocycles. The summed E-state index contributed by atoms with van der Waals surface area (Å²) >= 11 is 6.27. The number of carboxylic acid groups (broad SMARTS) is 1. The molecule has 1 saturated carbocycles. The third-order valence-electron chi connectivity index (χ3n) is 5.76. The maximum atomic E-state index is 12.0. The largest absolute Gasteiger partial charge is 0.465 e. The molecule has 1 fully saturated rings. The zero-order valence-corrected chi connectivity index (χ0v) is 18.9. The first-order chi connectivity index (χ1) is 14.2. The van der Waals surface area contributed by atoms with Gasteiger partial charge in [-0.1, -0.05) is 74.8 Å². The molecule has 0 aromatic heterocycles. The second kappa shape index (κ2) is 9.40. The number of halogens is 1. The van der Waals surface area contributed by atoms with Crippen LogP contribution in [-0.2, 0) is 16.8 Å². The topological polar surface area (TPSA) is 49.8 Å². The van der Waals surface area contributed by atoms with Gasteiger partial charge in [-0.2, -0.15) is 0 Å². The maximum Gasteiger partial charge on any atom is 0.407 e. The van der Waals surface area contributed by atoms with Crippen LogP contribution in [0.1, 0.15) is 44.7 Å². The summed E-state index contributed by atoms with van der Waals surface area (Å²) < 4.78 is 5.90. The van der Waals surface area contributed by atoms with E-state index in [1.165, 1.54) is 0 Å². The fraction of sp³-hybridized carbons (Fsp3) is 0.480. The molecule has 1 aliphatic carbocycles. The quantitative estimate of drug-likeness (QED) is 0.480. The fourth-order valence-corrected chi connectivity index (χ4v) is 4.48. The Kier molecular flexibility index (Phi) is 7.10. The van der Waals surface area contributed by atoms with E-state index in [4.69, 9.17) is 16.3 Å². The molecule has 0 bridgehead atoms. The van der Waals surface area contributed by atoms with Gasteiger partial charge < -0.3 is 14.7 Å². The van der Waals surface area contributed by atoms with Gasteiger partial charge >= 0.3 is 6.09 Å². The second-order valence-electron chi connectivity index (χ2n) is 9.59. The third-order valence-corrected chi connectivity index (χ3v) is 6.00. The second-order valence-corrected chi connectivity index (χ2v) is 10.0. The lowest BCUT2D eigenvalue weighted by Crippen LogP contribution is -2.42. The molecule has 1 unspecified atom stereocenters. The average molecular weight is 430 g/mol. The van der Waals surface area contributed by atoms with E-state index in [0.717, 1.165) is 24.0 Å². The Morgan fingerprint density at radius 3 is 2.57 bits per heavy atom. The lowest BCUT2D eigenvalue weighted by molar-refractivity contribution is 0.107. The van der Waals surface area contributed by atoms with Gasteiger partial charge in [-0.05, 0) is 47.4 Å². The molecule has 162 valence electrons. The highest BCUT2D eigenvalue weighted by Gasteiger charge is 2.56. The number of rotatable bonds is 9. The maximum absolute atomic E-state index is 12.0. The molecule has 3 rings (SSSR count). The van der Waals surface area contributed by atoms with Crippen LogP contribution >= 0.6 is 11.6 Å². The number of nitrogens with zero attached hydrogens (tertiary/aromatic N) is 1. The van der Waals surface area contributed by atoms with E-state index < -0.39 is 6.09 Å². The summed E-state index contributed by atoms with van der Waals surface area (Å²) in [6.07, 6.45) is 0.996. The summed E-state index contributed by atoms with van der Waals surface area (Å²) in [6.45, 7) is 8.45. The summed E-state index contributed by atoms with van der Waals surface area (Å²) in [5.74, 6) is 0.383. The number of benzene rings is 2. The Labute approximate surface area is 184 Å². The zero-order valence-electron chi connectivity index (χ0n) is 18.1. The lowest BCUT2D eigenvalue weighted by Gasteiger charge is -2.32. The average Bonchev–Trinajstić information content (AvgIpc) is 3.38. The number of hydrogen-bond donors (Lipinski definition) is 1. The van der Waals surface area contributed by atoms with Gasteiger partial charge in [0.25, 0.3) is 0 Å². The Hall–Kier alpha value is -2.04. The number of hydrogen-bond acceptors (Lipinski definition) is 2. The van der Waals surface area contributed by atoms with Crippen LogP contribution < -0.4 is 0 Å².